The van der Waals surface area contributed by atoms with Crippen LogP contribution in [-0.2, 0) is 110 Å². The van der Waals surface area contributed by atoms with Crippen molar-refractivity contribution in [2.24, 2.45) is 23.7 Å². The summed E-state index contributed by atoms with van der Waals surface area (Å²) in [5.74, 6) is -4.06. The van der Waals surface area contributed by atoms with Gasteiger partial charge in [-0.05, 0) is 137 Å². The maximum absolute atomic E-state index is 12.5. The van der Waals surface area contributed by atoms with Crippen molar-refractivity contribution in [1.82, 2.24) is 21.3 Å². The van der Waals surface area contributed by atoms with Gasteiger partial charge in [-0.2, -0.15) is 0 Å². The standard InChI is InChI=1S/C26H37N3O8.C15H17IN2O4.C11H21NO4.CH4.2Ag.O/c1-7-26(13-12-20(30)29-22(26)32)17-8-10-18(11-9-17)28-24(34)36-15-35-21(31)19(16(2)3)14-27-23(33)37-25(4,5)6;1-2-15(8-7-12(19)18-13(15)20)10-3-5-11(6-4-10)17-14(21)22-9-16;1-7(2)8(9(13)14)6-12-10(15)16-11(3,4)5;;;;/h8-11,16,19H,7,12-15H2,1-6H3,(H,27,33)(H,28,34)(H,29,30,32);3-6H,2,7-9H2,1H3,(H,17,21)(H,18,19,20);7-8H,6H2,1-5H3,(H,12,15)(H,13,14);1H4;;;. The van der Waals surface area contributed by atoms with Crippen LogP contribution in [0.1, 0.15) is 140 Å². The summed E-state index contributed by atoms with van der Waals surface area (Å²) >= 11 is 3.64. The number of esters is 1. The van der Waals surface area contributed by atoms with Gasteiger partial charge in [-0.1, -0.05) is 73.2 Å². The molecule has 23 nitrogen and oxygen atoms in total. The second-order valence-electron chi connectivity index (χ2n) is 20.4. The molecule has 1 radical (unpaired) electrons. The van der Waals surface area contributed by atoms with Gasteiger partial charge in [0.2, 0.25) is 30.4 Å². The van der Waals surface area contributed by atoms with Crippen molar-refractivity contribution < 1.29 is 123 Å². The number of anilines is 2. The fraction of sp³-hybridized carbons (Fsp3) is 0.585. The number of alkyl carbamates (subject to hydrolysis) is 2. The third kappa shape index (κ3) is 26.3. The van der Waals surface area contributed by atoms with Gasteiger partial charge in [0.25, 0.3) is 0 Å². The van der Waals surface area contributed by atoms with Crippen molar-refractivity contribution in [3.05, 3.63) is 59.7 Å². The van der Waals surface area contributed by atoms with E-state index in [-0.39, 0.29) is 89.4 Å². The Hall–Kier alpha value is -5.25. The number of rotatable bonds is 17. The summed E-state index contributed by atoms with van der Waals surface area (Å²) in [7, 11) is 0. The van der Waals surface area contributed by atoms with Crippen LogP contribution in [0.4, 0.5) is 30.6 Å². The molecule has 79 heavy (non-hydrogen) atoms. The molecule has 2 aliphatic heterocycles. The number of hydrogen-bond donors (Lipinski definition) is 7. The number of carbonyl (C=O) groups is 10. The van der Waals surface area contributed by atoms with Gasteiger partial charge in [0.05, 0.1) is 22.7 Å². The van der Waals surface area contributed by atoms with Gasteiger partial charge in [-0.15, -0.1) is 0 Å². The zero-order chi connectivity index (χ0) is 58.9. The molecule has 4 unspecified atom stereocenters. The third-order valence-corrected chi connectivity index (χ3v) is 12.4. The van der Waals surface area contributed by atoms with E-state index in [1.807, 2.05) is 36.4 Å². The Labute approximate surface area is 504 Å². The number of nitrogens with one attached hydrogen (secondary N) is 6. The van der Waals surface area contributed by atoms with Crippen LogP contribution in [0.5, 0.6) is 0 Å². The summed E-state index contributed by atoms with van der Waals surface area (Å²) in [6.45, 7) is 21.0. The van der Waals surface area contributed by atoms with Gasteiger partial charge in [0.15, 0.2) is 0 Å². The molecule has 2 fully saturated rings. The predicted molar refractivity (Wildman–Crippen MR) is 292 cm³/mol. The Morgan fingerprint density at radius 3 is 1.28 bits per heavy atom. The van der Waals surface area contributed by atoms with Crippen molar-refractivity contribution in [2.45, 2.75) is 151 Å². The number of carboxylic acids is 1. The monoisotopic (exact) mass is 1410 g/mol. The van der Waals surface area contributed by atoms with Crippen molar-refractivity contribution in [3.63, 3.8) is 0 Å². The van der Waals surface area contributed by atoms with E-state index in [2.05, 4.69) is 31.9 Å². The number of ether oxygens (including phenoxy) is 5. The van der Waals surface area contributed by atoms with Gasteiger partial charge >= 0.3 is 60.6 Å². The number of halogens is 1. The van der Waals surface area contributed by atoms with Crippen LogP contribution in [0.15, 0.2) is 48.5 Å². The fourth-order valence-electron chi connectivity index (χ4n) is 7.70. The van der Waals surface area contributed by atoms with Gasteiger partial charge in [0.1, 0.15) is 15.8 Å². The third-order valence-electron chi connectivity index (χ3n) is 12.0. The molecule has 452 valence electrons. The molecule has 2 aliphatic rings. The molecule has 2 aromatic carbocycles. The summed E-state index contributed by atoms with van der Waals surface area (Å²) < 4.78 is 33.3. The number of imide groups is 2. The molecule has 0 bridgehead atoms. The molecule has 4 atom stereocenters. The first-order valence-corrected chi connectivity index (χ1v) is 26.8. The SMILES string of the molecule is C.CC(C)C(CNC(=O)OC(C)(C)C)C(=O)O.CCC1(c2ccc(NC(=O)OCI)cc2)CCC(=O)NC1=O.CCC1(c2ccc(NC(=O)OCOC(=O)C(CNC(=O)OC(C)(C)C)C(C)C)cc2)CCC(=O)NC1=O.[Ag].[O]=[Ag]. The van der Waals surface area contributed by atoms with Crippen molar-refractivity contribution in [1.29, 1.82) is 0 Å². The van der Waals surface area contributed by atoms with Gasteiger partial charge in [0, 0.05) is 59.7 Å². The fourth-order valence-corrected chi connectivity index (χ4v) is 7.98. The van der Waals surface area contributed by atoms with Crippen LogP contribution in [-0.4, -0.2) is 101 Å². The average molecular weight is 1410 g/mol. The molecule has 0 aliphatic carbocycles. The number of carbonyl (C=O) groups excluding carboxylic acids is 9. The number of aliphatic carboxylic acids is 1. The van der Waals surface area contributed by atoms with E-state index in [0.29, 0.717) is 43.5 Å². The Morgan fingerprint density at radius 2 is 0.975 bits per heavy atom. The van der Waals surface area contributed by atoms with E-state index in [9.17, 15) is 47.9 Å². The van der Waals surface area contributed by atoms with E-state index in [4.69, 9.17) is 32.0 Å². The molecular weight excluding hydrogens is 1340 g/mol. The number of hydrogen-bond acceptors (Lipinski definition) is 16. The van der Waals surface area contributed by atoms with E-state index in [0.717, 1.165) is 11.1 Å². The van der Waals surface area contributed by atoms with Crippen molar-refractivity contribution in [3.8, 4) is 0 Å². The van der Waals surface area contributed by atoms with Crippen LogP contribution in [0.3, 0.4) is 0 Å². The molecule has 0 aromatic heterocycles. The normalized spacial score (nSPS) is 17.3. The predicted octanol–water partition coefficient (Wildman–Crippen LogP) is 8.71. The van der Waals surface area contributed by atoms with E-state index < -0.39 is 77.0 Å². The molecule has 4 rings (SSSR count). The van der Waals surface area contributed by atoms with Crippen LogP contribution < -0.4 is 31.9 Å². The van der Waals surface area contributed by atoms with Crippen LogP contribution in [0.2, 0.25) is 0 Å². The van der Waals surface area contributed by atoms with Crippen molar-refractivity contribution in [2.75, 3.05) is 35.1 Å². The molecule has 7 N–H and O–H groups in total. The molecule has 8 amide bonds. The molecular formula is C53H79Ag2IN6O17. The number of benzene rings is 2. The second-order valence-corrected chi connectivity index (χ2v) is 21.0. The minimum absolute atomic E-state index is 0. The molecule has 2 saturated heterocycles. The van der Waals surface area contributed by atoms with E-state index in [1.165, 1.54) is 0 Å². The number of piperidine rings is 2. The van der Waals surface area contributed by atoms with Crippen LogP contribution in [0.25, 0.3) is 0 Å². The van der Waals surface area contributed by atoms with E-state index >= 15 is 0 Å². The topological polar surface area (TPSA) is 326 Å². The first-order chi connectivity index (χ1) is 35.9. The van der Waals surface area contributed by atoms with Gasteiger partial charge < -0.3 is 39.4 Å². The van der Waals surface area contributed by atoms with Gasteiger partial charge in [-0.25, -0.2) is 19.2 Å². The Morgan fingerprint density at radius 1 is 0.620 bits per heavy atom. The summed E-state index contributed by atoms with van der Waals surface area (Å²) in [5.41, 5.74) is -0.123. The minimum atomic E-state index is -0.911. The number of alkyl halides is 1. The first kappa shape index (κ1) is 75.8. The zero-order valence-corrected chi connectivity index (χ0v) is 51.1. The first-order valence-electron chi connectivity index (χ1n) is 24.7. The summed E-state index contributed by atoms with van der Waals surface area (Å²) in [6, 6.07) is 13.8. The van der Waals surface area contributed by atoms with E-state index in [1.54, 1.807) is 139 Å². The quantitative estimate of drug-likeness (QED) is 0.0148. The summed E-state index contributed by atoms with van der Waals surface area (Å²) in [6.07, 6.45) is 0.0624. The average Bonchev–Trinajstić information content (AvgIpc) is 3.32. The van der Waals surface area contributed by atoms with Crippen LogP contribution in [0, 0.1) is 23.7 Å². The molecule has 2 heterocycles. The summed E-state index contributed by atoms with van der Waals surface area (Å²) in [5, 5.41) is 23.8. The Bertz CT molecular complexity index is 2350. The number of amides is 8. The molecule has 0 saturated carbocycles. The number of carboxylic acid groups (broad SMARTS) is 1. The van der Waals surface area contributed by atoms with Crippen LogP contribution >= 0.6 is 22.6 Å². The second kappa shape index (κ2) is 36.2. The van der Waals surface area contributed by atoms with Crippen molar-refractivity contribution >= 4 is 93.9 Å². The molecule has 0 spiro atoms. The Balaban J connectivity index is 0. The summed E-state index contributed by atoms with van der Waals surface area (Å²) in [4.78, 5) is 118. The molecule has 26 heteroatoms. The maximum atomic E-state index is 12.5. The zero-order valence-electron chi connectivity index (χ0n) is 46.0. The Kier molecular flexibility index (Phi) is 34.7. The van der Waals surface area contributed by atoms with Gasteiger partial charge in [-0.3, -0.25) is 50.0 Å². The molecule has 2 aromatic rings.